The minimum atomic E-state index is -4.78. The number of fused-ring (bicyclic) bond motifs is 1. The molecule has 0 bridgehead atoms. The van der Waals surface area contributed by atoms with E-state index in [0.29, 0.717) is 17.1 Å². The van der Waals surface area contributed by atoms with Gasteiger partial charge in [-0.1, -0.05) is 12.1 Å². The van der Waals surface area contributed by atoms with Gasteiger partial charge in [0.25, 0.3) is 0 Å². The molecule has 2 aromatic rings. The number of nitrogens with one attached hydrogen (secondary N) is 3. The summed E-state index contributed by atoms with van der Waals surface area (Å²) in [6.07, 6.45) is -4.91. The van der Waals surface area contributed by atoms with Gasteiger partial charge in [-0.2, -0.15) is 0 Å². The summed E-state index contributed by atoms with van der Waals surface area (Å²) < 4.78 is 40.1. The van der Waals surface area contributed by atoms with Crippen molar-refractivity contribution in [3.05, 3.63) is 48.5 Å². The van der Waals surface area contributed by atoms with Gasteiger partial charge >= 0.3 is 6.36 Å². The second kappa shape index (κ2) is 6.95. The Kier molecular flexibility index (Phi) is 4.70. The number of halogens is 3. The van der Waals surface area contributed by atoms with E-state index >= 15 is 0 Å². The molecule has 0 radical (unpaired) electrons. The van der Waals surface area contributed by atoms with Gasteiger partial charge in [0.1, 0.15) is 11.8 Å². The molecular formula is C17H14F3N3O3. The zero-order chi connectivity index (χ0) is 18.7. The maximum atomic E-state index is 12.1. The molecule has 0 aromatic heterocycles. The average molecular weight is 365 g/mol. The smallest absolute Gasteiger partial charge is 0.406 e. The molecule has 1 heterocycles. The zero-order valence-electron chi connectivity index (χ0n) is 13.3. The second-order valence-corrected chi connectivity index (χ2v) is 5.56. The molecule has 0 saturated carbocycles. The van der Waals surface area contributed by atoms with E-state index in [1.165, 1.54) is 12.1 Å². The molecule has 0 fully saturated rings. The van der Waals surface area contributed by atoms with Crippen molar-refractivity contribution in [3.63, 3.8) is 0 Å². The predicted molar refractivity (Wildman–Crippen MR) is 88.9 cm³/mol. The summed E-state index contributed by atoms with van der Waals surface area (Å²) in [5, 5.41) is 8.21. The van der Waals surface area contributed by atoms with Crippen LogP contribution in [0.25, 0.3) is 0 Å². The van der Waals surface area contributed by atoms with Crippen molar-refractivity contribution in [2.24, 2.45) is 0 Å². The zero-order valence-corrected chi connectivity index (χ0v) is 13.3. The van der Waals surface area contributed by atoms with E-state index in [4.69, 9.17) is 0 Å². The molecule has 1 aliphatic rings. The van der Waals surface area contributed by atoms with Gasteiger partial charge in [0.05, 0.1) is 17.8 Å². The van der Waals surface area contributed by atoms with Crippen LogP contribution < -0.4 is 20.7 Å². The van der Waals surface area contributed by atoms with Crippen LogP contribution in [0.5, 0.6) is 5.75 Å². The minimum Gasteiger partial charge on any atom is -0.406 e. The van der Waals surface area contributed by atoms with Crippen molar-refractivity contribution in [2.45, 2.75) is 18.8 Å². The Morgan fingerprint density at radius 1 is 1.08 bits per heavy atom. The highest BCUT2D eigenvalue weighted by Crippen LogP contribution is 2.27. The number of para-hydroxylation sites is 2. The Bertz CT molecular complexity index is 822. The van der Waals surface area contributed by atoms with Gasteiger partial charge in [-0.15, -0.1) is 13.2 Å². The molecule has 136 valence electrons. The number of amides is 2. The van der Waals surface area contributed by atoms with Gasteiger partial charge in [-0.25, -0.2) is 0 Å². The van der Waals surface area contributed by atoms with E-state index in [2.05, 4.69) is 20.7 Å². The van der Waals surface area contributed by atoms with E-state index in [9.17, 15) is 22.8 Å². The van der Waals surface area contributed by atoms with Gasteiger partial charge in [-0.05, 0) is 36.4 Å². The number of rotatable bonds is 4. The molecule has 1 aliphatic heterocycles. The molecular weight excluding hydrogens is 351 g/mol. The van der Waals surface area contributed by atoms with Crippen LogP contribution in [-0.2, 0) is 9.59 Å². The molecule has 0 aliphatic carbocycles. The quantitative estimate of drug-likeness (QED) is 0.776. The van der Waals surface area contributed by atoms with Crippen LogP contribution in [0.3, 0.4) is 0 Å². The average Bonchev–Trinajstić information content (AvgIpc) is 2.56. The standard InChI is InChI=1S/C17H14F3N3O3/c18-17(19,20)26-11-7-5-10(6-8-11)21-15(24)9-14-16(25)23-13-4-2-1-3-12(13)22-14/h1-8,14,22H,9H2,(H,21,24)(H,23,25). The molecule has 3 N–H and O–H groups in total. The fourth-order valence-corrected chi connectivity index (χ4v) is 2.47. The van der Waals surface area contributed by atoms with Gasteiger partial charge in [0.2, 0.25) is 11.8 Å². The van der Waals surface area contributed by atoms with Gasteiger partial charge in [0.15, 0.2) is 0 Å². The summed E-state index contributed by atoms with van der Waals surface area (Å²) in [5.41, 5.74) is 1.63. The monoisotopic (exact) mass is 365 g/mol. The van der Waals surface area contributed by atoms with Gasteiger partial charge in [-0.3, -0.25) is 9.59 Å². The number of alkyl halides is 3. The van der Waals surface area contributed by atoms with E-state index in [1.807, 2.05) is 0 Å². The van der Waals surface area contributed by atoms with Crippen LogP contribution >= 0.6 is 0 Å². The Morgan fingerprint density at radius 2 is 1.73 bits per heavy atom. The fourth-order valence-electron chi connectivity index (χ4n) is 2.47. The number of benzene rings is 2. The van der Waals surface area contributed by atoms with Crippen molar-refractivity contribution in [1.82, 2.24) is 0 Å². The lowest BCUT2D eigenvalue weighted by molar-refractivity contribution is -0.274. The number of carbonyl (C=O) groups is 2. The van der Waals surface area contributed by atoms with E-state index in [0.717, 1.165) is 12.1 Å². The van der Waals surface area contributed by atoms with Crippen LogP contribution in [0.2, 0.25) is 0 Å². The summed E-state index contributed by atoms with van der Waals surface area (Å²) in [6.45, 7) is 0. The van der Waals surface area contributed by atoms with Crippen molar-refractivity contribution >= 4 is 28.9 Å². The van der Waals surface area contributed by atoms with Crippen molar-refractivity contribution in [3.8, 4) is 5.75 Å². The lowest BCUT2D eigenvalue weighted by Gasteiger charge is -2.26. The first-order chi connectivity index (χ1) is 12.3. The predicted octanol–water partition coefficient (Wildman–Crippen LogP) is 3.35. The summed E-state index contributed by atoms with van der Waals surface area (Å²) in [7, 11) is 0. The Balaban J connectivity index is 1.58. The number of hydrogen-bond acceptors (Lipinski definition) is 4. The van der Waals surface area contributed by atoms with Crippen molar-refractivity contribution in [2.75, 3.05) is 16.0 Å². The van der Waals surface area contributed by atoms with Crippen LogP contribution in [-0.4, -0.2) is 24.2 Å². The van der Waals surface area contributed by atoms with E-state index in [1.54, 1.807) is 24.3 Å². The molecule has 0 spiro atoms. The molecule has 6 nitrogen and oxygen atoms in total. The third-order valence-electron chi connectivity index (χ3n) is 3.59. The lowest BCUT2D eigenvalue weighted by Crippen LogP contribution is -2.41. The molecule has 1 atom stereocenters. The summed E-state index contributed by atoms with van der Waals surface area (Å²) in [5.74, 6) is -1.19. The highest BCUT2D eigenvalue weighted by atomic mass is 19.4. The topological polar surface area (TPSA) is 79.5 Å². The Morgan fingerprint density at radius 3 is 2.38 bits per heavy atom. The fraction of sp³-hybridized carbons (Fsp3) is 0.176. The number of hydrogen-bond donors (Lipinski definition) is 3. The number of carbonyl (C=O) groups excluding carboxylic acids is 2. The molecule has 9 heteroatoms. The maximum Gasteiger partial charge on any atom is 0.573 e. The van der Waals surface area contributed by atoms with E-state index in [-0.39, 0.29) is 18.1 Å². The van der Waals surface area contributed by atoms with Crippen molar-refractivity contribution in [1.29, 1.82) is 0 Å². The number of ether oxygens (including phenoxy) is 1. The van der Waals surface area contributed by atoms with Crippen LogP contribution in [0.15, 0.2) is 48.5 Å². The summed E-state index contributed by atoms with van der Waals surface area (Å²) >= 11 is 0. The van der Waals surface area contributed by atoms with Crippen LogP contribution in [0, 0.1) is 0 Å². The van der Waals surface area contributed by atoms with Gasteiger partial charge in [0, 0.05) is 5.69 Å². The second-order valence-electron chi connectivity index (χ2n) is 5.56. The third kappa shape index (κ3) is 4.44. The molecule has 3 rings (SSSR count). The molecule has 26 heavy (non-hydrogen) atoms. The highest BCUT2D eigenvalue weighted by Gasteiger charge is 2.31. The first-order valence-electron chi connectivity index (χ1n) is 7.62. The Hall–Kier alpha value is -3.23. The molecule has 0 saturated heterocycles. The first kappa shape index (κ1) is 17.6. The maximum absolute atomic E-state index is 12.1. The molecule has 1 unspecified atom stereocenters. The normalized spacial score (nSPS) is 16.1. The Labute approximate surface area is 146 Å². The SMILES string of the molecule is O=C(CC1Nc2ccccc2NC1=O)Nc1ccc(OC(F)(F)F)cc1. The largest absolute Gasteiger partial charge is 0.573 e. The number of anilines is 3. The van der Waals surface area contributed by atoms with Crippen LogP contribution in [0.4, 0.5) is 30.2 Å². The third-order valence-corrected chi connectivity index (χ3v) is 3.59. The lowest BCUT2D eigenvalue weighted by atomic mass is 10.1. The summed E-state index contributed by atoms with van der Waals surface area (Å²) in [4.78, 5) is 24.2. The molecule has 2 aromatic carbocycles. The van der Waals surface area contributed by atoms with Gasteiger partial charge < -0.3 is 20.7 Å². The molecule has 2 amide bonds. The van der Waals surface area contributed by atoms with E-state index < -0.39 is 18.3 Å². The van der Waals surface area contributed by atoms with Crippen LogP contribution in [0.1, 0.15) is 6.42 Å². The minimum absolute atomic E-state index is 0.138. The highest BCUT2D eigenvalue weighted by molar-refractivity contribution is 6.06. The first-order valence-corrected chi connectivity index (χ1v) is 7.62. The summed E-state index contributed by atoms with van der Waals surface area (Å²) in [6, 6.07) is 11.1. The van der Waals surface area contributed by atoms with Crippen molar-refractivity contribution < 1.29 is 27.5 Å².